The van der Waals surface area contributed by atoms with E-state index in [0.717, 1.165) is 12.8 Å². The number of hydrogen-bond donors (Lipinski definition) is 2. The van der Waals surface area contributed by atoms with Crippen molar-refractivity contribution in [2.75, 3.05) is 6.54 Å². The molecule has 3 atom stereocenters. The number of amides is 1. The quantitative estimate of drug-likeness (QED) is 0.496. The van der Waals surface area contributed by atoms with Gasteiger partial charge in [-0.3, -0.25) is 4.79 Å². The molecule has 2 aliphatic rings. The van der Waals surface area contributed by atoms with Gasteiger partial charge < -0.3 is 15.1 Å². The first-order valence-corrected chi connectivity index (χ1v) is 4.36. The minimum absolute atomic E-state index is 0.0712. The van der Waals surface area contributed by atoms with Crippen LogP contribution in [0, 0.1) is 0 Å². The lowest BCUT2D eigenvalue weighted by Gasteiger charge is -2.30. The molecule has 0 aromatic heterocycles. The molecule has 1 amide bonds. The molecule has 0 spiro atoms. The highest BCUT2D eigenvalue weighted by atomic mass is 16.3. The average Bonchev–Trinajstić information content (AvgIpc) is 2.32. The molecule has 0 aromatic carbocycles. The van der Waals surface area contributed by atoms with Crippen LogP contribution in [0.5, 0.6) is 0 Å². The van der Waals surface area contributed by atoms with Crippen molar-refractivity contribution in [3.05, 3.63) is 0 Å². The maximum absolute atomic E-state index is 11.3. The van der Waals surface area contributed by atoms with E-state index in [-0.39, 0.29) is 11.9 Å². The van der Waals surface area contributed by atoms with Gasteiger partial charge >= 0.3 is 0 Å². The summed E-state index contributed by atoms with van der Waals surface area (Å²) in [7, 11) is 0. The van der Waals surface area contributed by atoms with Crippen molar-refractivity contribution in [3.8, 4) is 0 Å². The molecule has 2 rings (SSSR count). The molecule has 12 heavy (non-hydrogen) atoms. The van der Waals surface area contributed by atoms with Crippen LogP contribution in [0.4, 0.5) is 0 Å². The number of piperidine rings is 1. The van der Waals surface area contributed by atoms with E-state index in [4.69, 9.17) is 0 Å². The molecule has 2 heterocycles. The molecule has 2 N–H and O–H groups in total. The number of aliphatic hydroxyl groups is 2. The smallest absolute Gasteiger partial charge is 0.222 e. The van der Waals surface area contributed by atoms with E-state index in [0.29, 0.717) is 13.0 Å². The minimum Gasteiger partial charge on any atom is -0.388 e. The maximum Gasteiger partial charge on any atom is 0.222 e. The summed E-state index contributed by atoms with van der Waals surface area (Å²) < 4.78 is 0. The van der Waals surface area contributed by atoms with Gasteiger partial charge in [0.25, 0.3) is 0 Å². The zero-order valence-corrected chi connectivity index (χ0v) is 6.81. The third kappa shape index (κ3) is 1.03. The molecule has 0 radical (unpaired) electrons. The maximum atomic E-state index is 11.3. The van der Waals surface area contributed by atoms with E-state index in [1.54, 1.807) is 4.90 Å². The van der Waals surface area contributed by atoms with Gasteiger partial charge in [-0.1, -0.05) is 0 Å². The van der Waals surface area contributed by atoms with Crippen LogP contribution in [0.1, 0.15) is 19.3 Å². The van der Waals surface area contributed by atoms with Crippen LogP contribution in [-0.4, -0.2) is 45.8 Å². The average molecular weight is 171 g/mol. The molecule has 4 nitrogen and oxygen atoms in total. The molecule has 0 unspecified atom stereocenters. The molecule has 0 aromatic rings. The van der Waals surface area contributed by atoms with Gasteiger partial charge in [-0.05, 0) is 12.8 Å². The number of carbonyl (C=O) groups excluding carboxylic acids is 1. The van der Waals surface area contributed by atoms with Crippen molar-refractivity contribution in [2.24, 2.45) is 0 Å². The fourth-order valence-electron chi connectivity index (χ4n) is 2.11. The van der Waals surface area contributed by atoms with Crippen LogP contribution in [0.3, 0.4) is 0 Å². The van der Waals surface area contributed by atoms with E-state index < -0.39 is 12.2 Å². The van der Waals surface area contributed by atoms with Crippen LogP contribution < -0.4 is 0 Å². The number of carbonyl (C=O) groups is 1. The number of aliphatic hydroxyl groups excluding tert-OH is 2. The summed E-state index contributed by atoms with van der Waals surface area (Å²) >= 11 is 0. The van der Waals surface area contributed by atoms with Crippen LogP contribution >= 0.6 is 0 Å². The summed E-state index contributed by atoms with van der Waals surface area (Å²) in [6, 6.07) is -0.124. The predicted octanol–water partition coefficient (Wildman–Crippen LogP) is -0.897. The predicted molar refractivity (Wildman–Crippen MR) is 41.4 cm³/mol. The van der Waals surface area contributed by atoms with Crippen molar-refractivity contribution in [1.82, 2.24) is 4.90 Å². The highest BCUT2D eigenvalue weighted by Gasteiger charge is 2.43. The van der Waals surface area contributed by atoms with Gasteiger partial charge in [-0.15, -0.1) is 0 Å². The van der Waals surface area contributed by atoms with E-state index in [1.165, 1.54) is 0 Å². The first-order valence-electron chi connectivity index (χ1n) is 4.36. The Morgan fingerprint density at radius 1 is 1.42 bits per heavy atom. The van der Waals surface area contributed by atoms with E-state index >= 15 is 0 Å². The van der Waals surface area contributed by atoms with Crippen molar-refractivity contribution in [2.45, 2.75) is 37.5 Å². The second-order valence-corrected chi connectivity index (χ2v) is 3.56. The first kappa shape index (κ1) is 8.01. The van der Waals surface area contributed by atoms with Crippen molar-refractivity contribution < 1.29 is 15.0 Å². The Balaban J connectivity index is 2.16. The van der Waals surface area contributed by atoms with E-state index in [9.17, 15) is 15.0 Å². The lowest BCUT2D eigenvalue weighted by molar-refractivity contribution is -0.135. The second kappa shape index (κ2) is 2.71. The van der Waals surface area contributed by atoms with Gasteiger partial charge in [0, 0.05) is 13.0 Å². The van der Waals surface area contributed by atoms with Gasteiger partial charge in [0.15, 0.2) is 0 Å². The third-order valence-corrected chi connectivity index (χ3v) is 2.78. The van der Waals surface area contributed by atoms with Gasteiger partial charge in [0.2, 0.25) is 5.91 Å². The summed E-state index contributed by atoms with van der Waals surface area (Å²) in [4.78, 5) is 12.9. The minimum atomic E-state index is -0.739. The molecule has 2 fully saturated rings. The van der Waals surface area contributed by atoms with Crippen molar-refractivity contribution in [1.29, 1.82) is 0 Å². The third-order valence-electron chi connectivity index (χ3n) is 2.78. The molecule has 0 saturated carbocycles. The van der Waals surface area contributed by atoms with E-state index in [1.807, 2.05) is 0 Å². The zero-order valence-electron chi connectivity index (χ0n) is 6.81. The lowest BCUT2D eigenvalue weighted by atomic mass is 10.00. The molecular weight excluding hydrogens is 158 g/mol. The highest BCUT2D eigenvalue weighted by molar-refractivity contribution is 5.77. The Labute approximate surface area is 70.8 Å². The molecule has 0 aliphatic carbocycles. The van der Waals surface area contributed by atoms with Gasteiger partial charge in [0.05, 0.1) is 12.1 Å². The summed E-state index contributed by atoms with van der Waals surface area (Å²) in [5.74, 6) is 0.0712. The molecule has 0 bridgehead atoms. The number of rotatable bonds is 0. The SMILES string of the molecule is O=C1CCC[C@@H]2[C@H](O)[C@@H](O)CN12. The highest BCUT2D eigenvalue weighted by Crippen LogP contribution is 2.27. The summed E-state index contributed by atoms with van der Waals surface area (Å²) in [5.41, 5.74) is 0. The molecule has 68 valence electrons. The Morgan fingerprint density at radius 3 is 2.83 bits per heavy atom. The molecular formula is C8H13NO3. The topological polar surface area (TPSA) is 60.8 Å². The largest absolute Gasteiger partial charge is 0.388 e. The van der Waals surface area contributed by atoms with Crippen LogP contribution in [0.15, 0.2) is 0 Å². The molecule has 2 aliphatic heterocycles. The number of fused-ring (bicyclic) bond motifs is 1. The summed E-state index contributed by atoms with van der Waals surface area (Å²) in [6.45, 7) is 0.310. The number of nitrogens with zero attached hydrogens (tertiary/aromatic N) is 1. The van der Waals surface area contributed by atoms with Crippen molar-refractivity contribution >= 4 is 5.91 Å². The monoisotopic (exact) mass is 171 g/mol. The van der Waals surface area contributed by atoms with Crippen LogP contribution in [0.2, 0.25) is 0 Å². The standard InChI is InChI=1S/C8H13NO3/c10-6-4-9-5(8(6)12)2-1-3-7(9)11/h5-6,8,10,12H,1-4H2/t5-,6+,8+/m1/s1. The Bertz CT molecular complexity index is 206. The fraction of sp³-hybridized carbons (Fsp3) is 0.875. The Morgan fingerprint density at radius 2 is 2.17 bits per heavy atom. The second-order valence-electron chi connectivity index (χ2n) is 3.56. The lowest BCUT2D eigenvalue weighted by Crippen LogP contribution is -2.42. The fourth-order valence-corrected chi connectivity index (χ4v) is 2.11. The first-order chi connectivity index (χ1) is 5.70. The number of hydrogen-bond acceptors (Lipinski definition) is 3. The Kier molecular flexibility index (Phi) is 1.81. The zero-order chi connectivity index (χ0) is 8.72. The van der Waals surface area contributed by atoms with Crippen LogP contribution in [-0.2, 0) is 4.79 Å². The summed E-state index contributed by atoms with van der Waals surface area (Å²) in [5, 5.41) is 18.8. The Hall–Kier alpha value is -0.610. The summed E-state index contributed by atoms with van der Waals surface area (Å²) in [6.07, 6.45) is 0.759. The van der Waals surface area contributed by atoms with E-state index in [2.05, 4.69) is 0 Å². The van der Waals surface area contributed by atoms with Crippen LogP contribution in [0.25, 0.3) is 0 Å². The molecule has 2 saturated heterocycles. The normalized spacial score (nSPS) is 41.7. The van der Waals surface area contributed by atoms with Gasteiger partial charge in [-0.2, -0.15) is 0 Å². The van der Waals surface area contributed by atoms with Crippen molar-refractivity contribution in [3.63, 3.8) is 0 Å². The van der Waals surface area contributed by atoms with Gasteiger partial charge in [-0.25, -0.2) is 0 Å². The molecule has 4 heteroatoms. The van der Waals surface area contributed by atoms with Gasteiger partial charge in [0.1, 0.15) is 6.10 Å².